The van der Waals surface area contributed by atoms with Gasteiger partial charge in [-0.25, -0.2) is 14.4 Å². The van der Waals surface area contributed by atoms with Crippen LogP contribution in [0.2, 0.25) is 0 Å². The summed E-state index contributed by atoms with van der Waals surface area (Å²) in [5.74, 6) is 0.00154. The van der Waals surface area contributed by atoms with E-state index in [9.17, 15) is 14.0 Å². The lowest BCUT2D eigenvalue weighted by Crippen LogP contribution is -2.40. The van der Waals surface area contributed by atoms with Crippen molar-refractivity contribution in [3.05, 3.63) is 95.9 Å². The predicted octanol–water partition coefficient (Wildman–Crippen LogP) is 3.72. The van der Waals surface area contributed by atoms with Crippen molar-refractivity contribution in [3.8, 4) is 22.9 Å². The SMILES string of the molecule is NC(=O)c1cc(N2c3ccccc3C[C@H]2C(N)=O)nc(-c2ccc(Oc3ccc(F)cc3)cc2)n1. The first-order valence-corrected chi connectivity index (χ1v) is 10.8. The molecule has 0 unspecified atom stereocenters. The highest BCUT2D eigenvalue weighted by atomic mass is 19.1. The number of hydrogen-bond donors (Lipinski definition) is 2. The van der Waals surface area contributed by atoms with Crippen molar-refractivity contribution >= 4 is 23.3 Å². The molecule has 35 heavy (non-hydrogen) atoms. The highest BCUT2D eigenvalue weighted by molar-refractivity contribution is 5.94. The van der Waals surface area contributed by atoms with Crippen molar-refractivity contribution in [1.29, 1.82) is 0 Å². The highest BCUT2D eigenvalue weighted by Gasteiger charge is 2.35. The van der Waals surface area contributed by atoms with Crippen LogP contribution in [0.25, 0.3) is 11.4 Å². The van der Waals surface area contributed by atoms with Gasteiger partial charge in [0.15, 0.2) is 5.82 Å². The molecule has 3 aromatic carbocycles. The zero-order valence-corrected chi connectivity index (χ0v) is 18.4. The summed E-state index contributed by atoms with van der Waals surface area (Å²) in [5.41, 5.74) is 13.6. The van der Waals surface area contributed by atoms with Crippen molar-refractivity contribution in [3.63, 3.8) is 0 Å². The third kappa shape index (κ3) is 4.39. The lowest BCUT2D eigenvalue weighted by molar-refractivity contribution is -0.119. The van der Waals surface area contributed by atoms with Gasteiger partial charge in [0.2, 0.25) is 5.91 Å². The topological polar surface area (TPSA) is 124 Å². The molecule has 5 rings (SSSR count). The van der Waals surface area contributed by atoms with E-state index in [0.717, 1.165) is 11.3 Å². The minimum absolute atomic E-state index is 0.00393. The summed E-state index contributed by atoms with van der Waals surface area (Å²) in [6.07, 6.45) is 0.423. The zero-order valence-electron chi connectivity index (χ0n) is 18.4. The Kier molecular flexibility index (Phi) is 5.58. The standard InChI is InChI=1S/C26H20FN5O3/c27-17-7-11-19(12-8-17)35-18-9-5-15(6-10-18)26-30-20(24(28)33)14-23(31-26)32-21-4-2-1-3-16(21)13-22(32)25(29)34/h1-12,14,22H,13H2,(H2,28,33)(H2,29,34)/t22-/m0/s1. The van der Waals surface area contributed by atoms with Gasteiger partial charge in [0, 0.05) is 23.7 Å². The van der Waals surface area contributed by atoms with Gasteiger partial charge in [-0.3, -0.25) is 9.59 Å². The minimum atomic E-state index is -0.728. The van der Waals surface area contributed by atoms with Gasteiger partial charge in [-0.1, -0.05) is 18.2 Å². The number of hydrogen-bond acceptors (Lipinski definition) is 6. The number of aromatic nitrogens is 2. The van der Waals surface area contributed by atoms with Gasteiger partial charge in [-0.05, 0) is 60.2 Å². The van der Waals surface area contributed by atoms with Crippen LogP contribution in [0.15, 0.2) is 78.9 Å². The zero-order chi connectivity index (χ0) is 24.5. The lowest BCUT2D eigenvalue weighted by atomic mass is 10.1. The number of carbonyl (C=O) groups is 2. The predicted molar refractivity (Wildman–Crippen MR) is 128 cm³/mol. The van der Waals surface area contributed by atoms with Crippen LogP contribution in [-0.2, 0) is 11.2 Å². The van der Waals surface area contributed by atoms with Crippen molar-refractivity contribution < 1.29 is 18.7 Å². The number of nitrogens with zero attached hydrogens (tertiary/aromatic N) is 3. The van der Waals surface area contributed by atoms with Gasteiger partial charge in [0.1, 0.15) is 34.9 Å². The van der Waals surface area contributed by atoms with Crippen molar-refractivity contribution in [2.45, 2.75) is 12.5 Å². The van der Waals surface area contributed by atoms with E-state index in [1.165, 1.54) is 30.3 Å². The molecule has 0 aliphatic carbocycles. The van der Waals surface area contributed by atoms with Crippen LogP contribution >= 0.6 is 0 Å². The van der Waals surface area contributed by atoms with Gasteiger partial charge < -0.3 is 21.1 Å². The van der Waals surface area contributed by atoms with E-state index in [-0.39, 0.29) is 17.3 Å². The number of para-hydroxylation sites is 1. The van der Waals surface area contributed by atoms with Crippen molar-refractivity contribution in [2.24, 2.45) is 11.5 Å². The molecule has 9 heteroatoms. The van der Waals surface area contributed by atoms with Crippen LogP contribution in [0, 0.1) is 5.82 Å². The van der Waals surface area contributed by atoms with Crippen LogP contribution in [-0.4, -0.2) is 27.8 Å². The fourth-order valence-electron chi connectivity index (χ4n) is 4.02. The van der Waals surface area contributed by atoms with Gasteiger partial charge in [-0.15, -0.1) is 0 Å². The maximum absolute atomic E-state index is 13.1. The summed E-state index contributed by atoms with van der Waals surface area (Å²) >= 11 is 0. The number of primary amides is 2. The monoisotopic (exact) mass is 469 g/mol. The Labute approximate surface area is 200 Å². The number of rotatable bonds is 6. The summed E-state index contributed by atoms with van der Waals surface area (Å²) in [5, 5.41) is 0. The number of ether oxygens (including phenoxy) is 1. The molecule has 0 spiro atoms. The van der Waals surface area contributed by atoms with E-state index in [1.54, 1.807) is 29.2 Å². The van der Waals surface area contributed by atoms with Gasteiger partial charge in [0.05, 0.1) is 0 Å². The molecule has 1 aromatic heterocycles. The normalized spacial score (nSPS) is 14.4. The van der Waals surface area contributed by atoms with Gasteiger partial charge >= 0.3 is 0 Å². The number of anilines is 2. The quantitative estimate of drug-likeness (QED) is 0.443. The fourth-order valence-corrected chi connectivity index (χ4v) is 4.02. The Morgan fingerprint density at radius 1 is 0.914 bits per heavy atom. The summed E-state index contributed by atoms with van der Waals surface area (Å²) in [4.78, 5) is 35.0. The largest absolute Gasteiger partial charge is 0.457 e. The molecule has 0 radical (unpaired) electrons. The molecule has 4 aromatic rings. The third-order valence-corrected chi connectivity index (χ3v) is 5.68. The molecule has 8 nitrogen and oxygen atoms in total. The number of benzene rings is 3. The first-order valence-electron chi connectivity index (χ1n) is 10.8. The van der Waals surface area contributed by atoms with Crippen LogP contribution in [0.3, 0.4) is 0 Å². The maximum Gasteiger partial charge on any atom is 0.267 e. The van der Waals surface area contributed by atoms with E-state index in [4.69, 9.17) is 16.2 Å². The lowest BCUT2D eigenvalue weighted by Gasteiger charge is -2.25. The minimum Gasteiger partial charge on any atom is -0.457 e. The molecule has 4 N–H and O–H groups in total. The van der Waals surface area contributed by atoms with Crippen LogP contribution in [0.1, 0.15) is 16.1 Å². The van der Waals surface area contributed by atoms with E-state index in [2.05, 4.69) is 9.97 Å². The molecule has 0 saturated carbocycles. The molecule has 0 saturated heterocycles. The van der Waals surface area contributed by atoms with E-state index in [0.29, 0.717) is 29.3 Å². The fraction of sp³-hybridized carbons (Fsp3) is 0.0769. The van der Waals surface area contributed by atoms with E-state index in [1.807, 2.05) is 24.3 Å². The number of carbonyl (C=O) groups excluding carboxylic acids is 2. The molecule has 1 aliphatic heterocycles. The Bertz CT molecular complexity index is 1420. The Morgan fingerprint density at radius 3 is 2.23 bits per heavy atom. The second-order valence-electron chi connectivity index (χ2n) is 8.00. The molecular weight excluding hydrogens is 449 g/mol. The maximum atomic E-state index is 13.1. The third-order valence-electron chi connectivity index (χ3n) is 5.68. The smallest absolute Gasteiger partial charge is 0.267 e. The molecule has 0 fully saturated rings. The van der Waals surface area contributed by atoms with E-state index < -0.39 is 17.9 Å². The Hall–Kier alpha value is -4.79. The first kappa shape index (κ1) is 22.0. The molecule has 2 heterocycles. The molecule has 0 bridgehead atoms. The summed E-state index contributed by atoms with van der Waals surface area (Å²) < 4.78 is 18.8. The van der Waals surface area contributed by atoms with Crippen LogP contribution in [0.4, 0.5) is 15.9 Å². The second kappa shape index (κ2) is 8.86. The summed E-state index contributed by atoms with van der Waals surface area (Å²) in [6, 6.07) is 20.9. The number of fused-ring (bicyclic) bond motifs is 1. The Morgan fingerprint density at radius 2 is 1.57 bits per heavy atom. The molecule has 174 valence electrons. The molecular formula is C26H20FN5O3. The number of nitrogens with two attached hydrogens (primary N) is 2. The van der Waals surface area contributed by atoms with Crippen molar-refractivity contribution in [1.82, 2.24) is 9.97 Å². The van der Waals surface area contributed by atoms with Gasteiger partial charge in [-0.2, -0.15) is 0 Å². The summed E-state index contributed by atoms with van der Waals surface area (Å²) in [6.45, 7) is 0. The van der Waals surface area contributed by atoms with Gasteiger partial charge in [0.25, 0.3) is 5.91 Å². The first-order chi connectivity index (χ1) is 16.9. The van der Waals surface area contributed by atoms with Crippen molar-refractivity contribution in [2.75, 3.05) is 4.90 Å². The van der Waals surface area contributed by atoms with E-state index >= 15 is 0 Å². The molecule has 1 aliphatic rings. The number of amides is 2. The molecule has 2 amide bonds. The van der Waals surface area contributed by atoms with Crippen LogP contribution < -0.4 is 21.1 Å². The average molecular weight is 469 g/mol. The van der Waals surface area contributed by atoms with Crippen LogP contribution in [0.5, 0.6) is 11.5 Å². The summed E-state index contributed by atoms with van der Waals surface area (Å²) in [7, 11) is 0. The number of halogens is 1. The molecule has 1 atom stereocenters. The second-order valence-corrected chi connectivity index (χ2v) is 8.00. The highest BCUT2D eigenvalue weighted by Crippen LogP contribution is 2.38. The average Bonchev–Trinajstić information content (AvgIpc) is 3.26. The Balaban J connectivity index is 1.52.